The van der Waals surface area contributed by atoms with E-state index in [0.29, 0.717) is 12.5 Å². The van der Waals surface area contributed by atoms with Gasteiger partial charge in [-0.15, -0.1) is 0 Å². The van der Waals surface area contributed by atoms with Crippen LogP contribution in [0.4, 0.5) is 5.69 Å². The van der Waals surface area contributed by atoms with Gasteiger partial charge in [0, 0.05) is 12.7 Å². The summed E-state index contributed by atoms with van der Waals surface area (Å²) in [5.74, 6) is 0.247. The summed E-state index contributed by atoms with van der Waals surface area (Å²) in [6.45, 7) is 3.98. The third-order valence-corrected chi connectivity index (χ3v) is 2.53. The van der Waals surface area contributed by atoms with E-state index in [1.807, 2.05) is 44.2 Å². The van der Waals surface area contributed by atoms with Crippen molar-refractivity contribution in [3.8, 4) is 0 Å². The lowest BCUT2D eigenvalue weighted by molar-refractivity contribution is -0.128. The highest BCUT2D eigenvalue weighted by molar-refractivity contribution is 5.92. The number of aliphatic imine (C=N–C) groups is 1. The number of rotatable bonds is 4. The minimum absolute atomic E-state index is 0.0567. The average Bonchev–Trinajstić information content (AvgIpc) is 2.36. The standard InChI is InChI=1S/C13H20N4O/c1-13(2,11(18)15-3)9-16-12(14)17-10-7-5-4-6-8-10/h4-8H,9H2,1-3H3,(H,15,18)(H3,14,16,17). The topological polar surface area (TPSA) is 79.5 Å². The summed E-state index contributed by atoms with van der Waals surface area (Å²) in [6.07, 6.45) is 0. The molecule has 0 heterocycles. The summed E-state index contributed by atoms with van der Waals surface area (Å²) in [6, 6.07) is 9.53. The van der Waals surface area contributed by atoms with Gasteiger partial charge in [-0.05, 0) is 26.0 Å². The molecule has 0 saturated carbocycles. The molecular formula is C13H20N4O. The maximum Gasteiger partial charge on any atom is 0.227 e. The number of nitrogens with two attached hydrogens (primary N) is 1. The van der Waals surface area contributed by atoms with Crippen LogP contribution in [-0.2, 0) is 4.79 Å². The predicted molar refractivity (Wildman–Crippen MR) is 74.4 cm³/mol. The second kappa shape index (κ2) is 6.05. The maximum atomic E-state index is 11.6. The van der Waals surface area contributed by atoms with Gasteiger partial charge in [0.15, 0.2) is 5.96 Å². The monoisotopic (exact) mass is 248 g/mol. The van der Waals surface area contributed by atoms with Gasteiger partial charge >= 0.3 is 0 Å². The van der Waals surface area contributed by atoms with E-state index in [2.05, 4.69) is 15.6 Å². The van der Waals surface area contributed by atoms with Crippen LogP contribution in [0.5, 0.6) is 0 Å². The Hall–Kier alpha value is -2.04. The van der Waals surface area contributed by atoms with Gasteiger partial charge in [-0.1, -0.05) is 18.2 Å². The van der Waals surface area contributed by atoms with Crippen molar-refractivity contribution in [1.29, 1.82) is 0 Å². The van der Waals surface area contributed by atoms with Crippen LogP contribution < -0.4 is 16.4 Å². The van der Waals surface area contributed by atoms with E-state index in [0.717, 1.165) is 5.69 Å². The molecule has 0 unspecified atom stereocenters. The smallest absolute Gasteiger partial charge is 0.227 e. The molecule has 0 atom stereocenters. The third-order valence-electron chi connectivity index (χ3n) is 2.53. The van der Waals surface area contributed by atoms with Crippen LogP contribution in [0.1, 0.15) is 13.8 Å². The summed E-state index contributed by atoms with van der Waals surface area (Å²) in [4.78, 5) is 15.7. The number of anilines is 1. The lowest BCUT2D eigenvalue weighted by Crippen LogP contribution is -2.37. The maximum absolute atomic E-state index is 11.6. The first-order valence-corrected chi connectivity index (χ1v) is 5.80. The highest BCUT2D eigenvalue weighted by Gasteiger charge is 2.26. The Labute approximate surface area is 107 Å². The number of nitrogens with one attached hydrogen (secondary N) is 2. The first kappa shape index (κ1) is 14.0. The molecule has 4 N–H and O–H groups in total. The van der Waals surface area contributed by atoms with Gasteiger partial charge in [-0.3, -0.25) is 9.79 Å². The van der Waals surface area contributed by atoms with Crippen molar-refractivity contribution >= 4 is 17.6 Å². The van der Waals surface area contributed by atoms with Crippen LogP contribution in [-0.4, -0.2) is 25.5 Å². The van der Waals surface area contributed by atoms with Gasteiger partial charge in [0.1, 0.15) is 0 Å². The summed E-state index contributed by atoms with van der Waals surface area (Å²) in [5, 5.41) is 5.58. The molecule has 0 aliphatic heterocycles. The fraction of sp³-hybridized carbons (Fsp3) is 0.385. The largest absolute Gasteiger partial charge is 0.370 e. The minimum Gasteiger partial charge on any atom is -0.370 e. The van der Waals surface area contributed by atoms with Crippen molar-refractivity contribution in [3.05, 3.63) is 30.3 Å². The van der Waals surface area contributed by atoms with Crippen molar-refractivity contribution in [1.82, 2.24) is 5.32 Å². The molecule has 0 aliphatic rings. The number of guanidine groups is 1. The molecule has 0 fully saturated rings. The number of nitrogens with zero attached hydrogens (tertiary/aromatic N) is 1. The highest BCUT2D eigenvalue weighted by atomic mass is 16.2. The number of benzene rings is 1. The van der Waals surface area contributed by atoms with E-state index in [4.69, 9.17) is 5.73 Å². The summed E-state index contributed by atoms with van der Waals surface area (Å²) < 4.78 is 0. The molecule has 1 aromatic rings. The van der Waals surface area contributed by atoms with Crippen LogP contribution in [0.25, 0.3) is 0 Å². The van der Waals surface area contributed by atoms with Crippen molar-refractivity contribution < 1.29 is 4.79 Å². The normalized spacial score (nSPS) is 12.1. The van der Waals surface area contributed by atoms with E-state index in [9.17, 15) is 4.79 Å². The number of carbonyl (C=O) groups is 1. The van der Waals surface area contributed by atoms with Crippen LogP contribution in [0.15, 0.2) is 35.3 Å². The molecule has 18 heavy (non-hydrogen) atoms. The molecule has 1 amide bonds. The average molecular weight is 248 g/mol. The molecule has 0 aromatic heterocycles. The first-order valence-electron chi connectivity index (χ1n) is 5.80. The van der Waals surface area contributed by atoms with Crippen LogP contribution in [0.3, 0.4) is 0 Å². The van der Waals surface area contributed by atoms with Gasteiger partial charge in [-0.2, -0.15) is 0 Å². The lowest BCUT2D eigenvalue weighted by Gasteiger charge is -2.20. The second-order valence-corrected chi connectivity index (χ2v) is 4.66. The van der Waals surface area contributed by atoms with E-state index in [1.165, 1.54) is 0 Å². The van der Waals surface area contributed by atoms with Gasteiger partial charge in [0.25, 0.3) is 0 Å². The molecule has 0 bridgehead atoms. The van der Waals surface area contributed by atoms with Crippen molar-refractivity contribution in [2.75, 3.05) is 18.9 Å². The molecule has 0 aliphatic carbocycles. The summed E-state index contributed by atoms with van der Waals surface area (Å²) in [5.41, 5.74) is 6.06. The zero-order chi connectivity index (χ0) is 13.6. The molecule has 0 radical (unpaired) electrons. The van der Waals surface area contributed by atoms with Crippen LogP contribution in [0, 0.1) is 5.41 Å². The van der Waals surface area contributed by atoms with Crippen molar-refractivity contribution in [3.63, 3.8) is 0 Å². The van der Waals surface area contributed by atoms with Gasteiger partial charge < -0.3 is 16.4 Å². The lowest BCUT2D eigenvalue weighted by atomic mass is 9.93. The molecule has 1 rings (SSSR count). The Kier molecular flexibility index (Phi) is 4.71. The van der Waals surface area contributed by atoms with Gasteiger partial charge in [0.2, 0.25) is 5.91 Å². The quantitative estimate of drug-likeness (QED) is 0.553. The zero-order valence-electron chi connectivity index (χ0n) is 11.0. The fourth-order valence-corrected chi connectivity index (χ4v) is 1.40. The van der Waals surface area contributed by atoms with Crippen LogP contribution in [0.2, 0.25) is 0 Å². The number of hydrogen-bond acceptors (Lipinski definition) is 2. The second-order valence-electron chi connectivity index (χ2n) is 4.66. The van der Waals surface area contributed by atoms with Gasteiger partial charge in [0.05, 0.1) is 12.0 Å². The Balaban J connectivity index is 2.60. The Bertz CT molecular complexity index is 426. The number of carbonyl (C=O) groups excluding carboxylic acids is 1. The third kappa shape index (κ3) is 4.08. The molecule has 0 spiro atoms. The van der Waals surface area contributed by atoms with E-state index in [1.54, 1.807) is 7.05 Å². The van der Waals surface area contributed by atoms with Crippen molar-refractivity contribution in [2.45, 2.75) is 13.8 Å². The van der Waals surface area contributed by atoms with E-state index in [-0.39, 0.29) is 5.91 Å². The number of amides is 1. The number of para-hydroxylation sites is 1. The Morgan fingerprint density at radius 2 is 1.94 bits per heavy atom. The SMILES string of the molecule is CNC(=O)C(C)(C)CN=C(N)Nc1ccccc1. The molecule has 0 saturated heterocycles. The summed E-state index contributed by atoms with van der Waals surface area (Å²) >= 11 is 0. The highest BCUT2D eigenvalue weighted by Crippen LogP contribution is 2.15. The van der Waals surface area contributed by atoms with Gasteiger partial charge in [-0.25, -0.2) is 0 Å². The predicted octanol–water partition coefficient (Wildman–Crippen LogP) is 1.19. The molecule has 5 heteroatoms. The Morgan fingerprint density at radius 3 is 2.50 bits per heavy atom. The van der Waals surface area contributed by atoms with E-state index >= 15 is 0 Å². The molecule has 5 nitrogen and oxygen atoms in total. The van der Waals surface area contributed by atoms with Crippen LogP contribution >= 0.6 is 0 Å². The Morgan fingerprint density at radius 1 is 1.33 bits per heavy atom. The minimum atomic E-state index is -0.572. The summed E-state index contributed by atoms with van der Waals surface area (Å²) in [7, 11) is 1.61. The van der Waals surface area contributed by atoms with E-state index < -0.39 is 5.41 Å². The number of hydrogen-bond donors (Lipinski definition) is 3. The fourth-order valence-electron chi connectivity index (χ4n) is 1.40. The molecule has 98 valence electrons. The zero-order valence-corrected chi connectivity index (χ0v) is 11.0. The molecule has 1 aromatic carbocycles. The van der Waals surface area contributed by atoms with Crippen molar-refractivity contribution in [2.24, 2.45) is 16.1 Å². The molecular weight excluding hydrogens is 228 g/mol. The first-order chi connectivity index (χ1) is 8.45.